The van der Waals surface area contributed by atoms with Gasteiger partial charge < -0.3 is 0 Å². The van der Waals surface area contributed by atoms with Crippen LogP contribution in [0.25, 0.3) is 0 Å². The Morgan fingerprint density at radius 3 is 2.24 bits per heavy atom. The molecule has 1 unspecified atom stereocenters. The number of carbonyl (C=O) groups excluding carboxylic acids is 1. The van der Waals surface area contributed by atoms with Gasteiger partial charge in [-0.05, 0) is 23.1 Å². The van der Waals surface area contributed by atoms with Gasteiger partial charge in [-0.3, -0.25) is 9.63 Å². The first-order valence-electron chi connectivity index (χ1n) is 7.23. The molecule has 0 aromatic heterocycles. The molecule has 0 radical (unpaired) electrons. The van der Waals surface area contributed by atoms with Crippen LogP contribution in [0.1, 0.15) is 42.9 Å². The van der Waals surface area contributed by atoms with Crippen molar-refractivity contribution in [1.82, 2.24) is 5.48 Å². The fourth-order valence-corrected chi connectivity index (χ4v) is 2.42. The lowest BCUT2D eigenvalue weighted by Crippen LogP contribution is -2.19. The predicted octanol–water partition coefficient (Wildman–Crippen LogP) is 3.80. The molecule has 0 aliphatic carbocycles. The van der Waals surface area contributed by atoms with Gasteiger partial charge in [0.2, 0.25) is 5.91 Å². The molecule has 1 atom stereocenters. The van der Waals surface area contributed by atoms with Crippen LogP contribution < -0.4 is 5.48 Å². The molecular formula is C18H21NO2. The Hall–Kier alpha value is -2.13. The van der Waals surface area contributed by atoms with E-state index in [2.05, 4.69) is 48.8 Å². The van der Waals surface area contributed by atoms with E-state index in [1.807, 2.05) is 18.2 Å². The lowest BCUT2D eigenvalue weighted by molar-refractivity contribution is -0.132. The Bertz CT molecular complexity index is 564. The second kappa shape index (κ2) is 7.60. The molecule has 110 valence electrons. The monoisotopic (exact) mass is 283 g/mol. The highest BCUT2D eigenvalue weighted by atomic mass is 16.6. The number of benzene rings is 2. The average Bonchev–Trinajstić information content (AvgIpc) is 2.50. The first-order chi connectivity index (χ1) is 10.2. The van der Waals surface area contributed by atoms with Gasteiger partial charge in [0.15, 0.2) is 0 Å². The summed E-state index contributed by atoms with van der Waals surface area (Å²) in [5, 5.41) is 0. The predicted molar refractivity (Wildman–Crippen MR) is 83.6 cm³/mol. The summed E-state index contributed by atoms with van der Waals surface area (Å²) >= 11 is 0. The molecule has 0 heterocycles. The van der Waals surface area contributed by atoms with E-state index in [1.165, 1.54) is 18.1 Å². The van der Waals surface area contributed by atoms with Gasteiger partial charge in [-0.25, -0.2) is 5.48 Å². The zero-order chi connectivity index (χ0) is 15.1. The van der Waals surface area contributed by atoms with Crippen LogP contribution in [0.5, 0.6) is 0 Å². The summed E-state index contributed by atoms with van der Waals surface area (Å²) in [7, 11) is 0. The quantitative estimate of drug-likeness (QED) is 0.819. The highest BCUT2D eigenvalue weighted by Gasteiger charge is 2.11. The molecule has 3 nitrogen and oxygen atoms in total. The molecule has 0 bridgehead atoms. The molecule has 21 heavy (non-hydrogen) atoms. The summed E-state index contributed by atoms with van der Waals surface area (Å²) in [5.41, 5.74) is 6.00. The molecule has 1 N–H and O–H groups in total. The lowest BCUT2D eigenvalue weighted by atomic mass is 9.89. The van der Waals surface area contributed by atoms with Crippen molar-refractivity contribution in [2.75, 3.05) is 0 Å². The third-order valence-electron chi connectivity index (χ3n) is 3.45. The van der Waals surface area contributed by atoms with Gasteiger partial charge in [0, 0.05) is 12.8 Å². The van der Waals surface area contributed by atoms with Crippen molar-refractivity contribution in [2.24, 2.45) is 0 Å². The van der Waals surface area contributed by atoms with E-state index < -0.39 is 0 Å². The molecule has 0 aliphatic rings. The highest BCUT2D eigenvalue weighted by Crippen LogP contribution is 2.27. The first-order valence-corrected chi connectivity index (χ1v) is 7.23. The van der Waals surface area contributed by atoms with Crippen LogP contribution in [0.3, 0.4) is 0 Å². The van der Waals surface area contributed by atoms with E-state index in [9.17, 15) is 4.79 Å². The first kappa shape index (κ1) is 15.3. The van der Waals surface area contributed by atoms with Crippen molar-refractivity contribution in [3.63, 3.8) is 0 Å². The fraction of sp³-hybridized carbons (Fsp3) is 0.278. The third-order valence-corrected chi connectivity index (χ3v) is 3.45. The summed E-state index contributed by atoms with van der Waals surface area (Å²) < 4.78 is 0. The fourth-order valence-electron chi connectivity index (χ4n) is 2.42. The van der Waals surface area contributed by atoms with E-state index in [0.29, 0.717) is 12.5 Å². The van der Waals surface area contributed by atoms with Gasteiger partial charge in [0.05, 0.1) is 6.61 Å². The molecule has 3 heteroatoms. The Balaban J connectivity index is 2.05. The van der Waals surface area contributed by atoms with Gasteiger partial charge in [0.25, 0.3) is 0 Å². The summed E-state index contributed by atoms with van der Waals surface area (Å²) in [6.07, 6.45) is 1.06. The molecular weight excluding hydrogens is 262 g/mol. The van der Waals surface area contributed by atoms with Crippen molar-refractivity contribution in [3.05, 3.63) is 71.3 Å². The van der Waals surface area contributed by atoms with E-state index in [-0.39, 0.29) is 5.91 Å². The Labute approximate surface area is 125 Å². The maximum Gasteiger partial charge on any atom is 0.240 e. The average molecular weight is 283 g/mol. The number of carbonyl (C=O) groups is 1. The van der Waals surface area contributed by atoms with Crippen LogP contribution in [-0.4, -0.2) is 5.91 Å². The van der Waals surface area contributed by atoms with Crippen LogP contribution in [-0.2, 0) is 16.2 Å². The van der Waals surface area contributed by atoms with Gasteiger partial charge in [-0.1, -0.05) is 61.5 Å². The highest BCUT2D eigenvalue weighted by molar-refractivity contribution is 5.71. The van der Waals surface area contributed by atoms with E-state index in [4.69, 9.17) is 4.84 Å². The molecule has 1 amide bonds. The normalized spacial score (nSPS) is 11.9. The van der Waals surface area contributed by atoms with E-state index >= 15 is 0 Å². The third kappa shape index (κ3) is 4.43. The van der Waals surface area contributed by atoms with Crippen molar-refractivity contribution >= 4 is 5.91 Å². The standard InChI is InChI=1S/C18H21NO2/c1-3-18(16-7-5-4-6-8-16)17-11-9-15(10-12-17)13-21-19-14(2)20/h4-12,18H,3,13H2,1-2H3,(H,19,20). The molecule has 0 fully saturated rings. The van der Waals surface area contributed by atoms with Crippen molar-refractivity contribution in [3.8, 4) is 0 Å². The van der Waals surface area contributed by atoms with Gasteiger partial charge in [-0.2, -0.15) is 0 Å². The Morgan fingerprint density at radius 1 is 1.05 bits per heavy atom. The maximum absolute atomic E-state index is 10.7. The van der Waals surface area contributed by atoms with Crippen molar-refractivity contribution in [1.29, 1.82) is 0 Å². The van der Waals surface area contributed by atoms with E-state index in [0.717, 1.165) is 12.0 Å². The minimum absolute atomic E-state index is 0.193. The maximum atomic E-state index is 10.7. The van der Waals surface area contributed by atoms with Crippen LogP contribution in [0.2, 0.25) is 0 Å². The Kier molecular flexibility index (Phi) is 5.52. The van der Waals surface area contributed by atoms with Crippen LogP contribution in [0.15, 0.2) is 54.6 Å². The second-order valence-electron chi connectivity index (χ2n) is 5.06. The summed E-state index contributed by atoms with van der Waals surface area (Å²) in [6, 6.07) is 18.9. The summed E-state index contributed by atoms with van der Waals surface area (Å²) in [6.45, 7) is 4.00. The molecule has 0 aliphatic heterocycles. The molecule has 2 rings (SSSR count). The van der Waals surface area contributed by atoms with Crippen LogP contribution in [0, 0.1) is 0 Å². The van der Waals surface area contributed by atoms with Crippen LogP contribution in [0.4, 0.5) is 0 Å². The number of nitrogens with one attached hydrogen (secondary N) is 1. The van der Waals surface area contributed by atoms with Gasteiger partial charge in [0.1, 0.15) is 0 Å². The number of amides is 1. The summed E-state index contributed by atoms with van der Waals surface area (Å²) in [4.78, 5) is 15.8. The van der Waals surface area contributed by atoms with Gasteiger partial charge in [-0.15, -0.1) is 0 Å². The molecule has 0 saturated heterocycles. The van der Waals surface area contributed by atoms with E-state index in [1.54, 1.807) is 0 Å². The van der Waals surface area contributed by atoms with Gasteiger partial charge >= 0.3 is 0 Å². The molecule has 0 spiro atoms. The number of hydroxylamine groups is 1. The zero-order valence-electron chi connectivity index (χ0n) is 12.5. The van der Waals surface area contributed by atoms with Crippen molar-refractivity contribution < 1.29 is 9.63 Å². The minimum Gasteiger partial charge on any atom is -0.273 e. The minimum atomic E-state index is -0.193. The topological polar surface area (TPSA) is 38.3 Å². The zero-order valence-corrected chi connectivity index (χ0v) is 12.5. The largest absolute Gasteiger partial charge is 0.273 e. The number of hydrogen-bond acceptors (Lipinski definition) is 2. The SMILES string of the molecule is CCC(c1ccccc1)c1ccc(CONC(C)=O)cc1. The summed E-state index contributed by atoms with van der Waals surface area (Å²) in [5.74, 6) is 0.221. The number of rotatable bonds is 6. The lowest BCUT2D eigenvalue weighted by Gasteiger charge is -2.16. The smallest absolute Gasteiger partial charge is 0.240 e. The number of hydrogen-bond donors (Lipinski definition) is 1. The second-order valence-corrected chi connectivity index (χ2v) is 5.06. The molecule has 2 aromatic carbocycles. The Morgan fingerprint density at radius 2 is 1.67 bits per heavy atom. The van der Waals surface area contributed by atoms with Crippen LogP contribution >= 0.6 is 0 Å². The van der Waals surface area contributed by atoms with Crippen molar-refractivity contribution in [2.45, 2.75) is 32.8 Å². The molecule has 2 aromatic rings. The molecule has 0 saturated carbocycles.